The quantitative estimate of drug-likeness (QED) is 0.855. The van der Waals surface area contributed by atoms with Crippen molar-refractivity contribution in [1.82, 2.24) is 10.5 Å². The van der Waals surface area contributed by atoms with Crippen molar-refractivity contribution in [3.05, 3.63) is 52.9 Å². The van der Waals surface area contributed by atoms with Crippen LogP contribution in [0.1, 0.15) is 47.9 Å². The smallest absolute Gasteiger partial charge is 0.330 e. The number of aryl methyl sites for hydroxylation is 2. The summed E-state index contributed by atoms with van der Waals surface area (Å²) in [7, 11) is 0. The number of nitrogens with one attached hydrogen (secondary N) is 1. The maximum Gasteiger partial charge on any atom is 0.330 e. The summed E-state index contributed by atoms with van der Waals surface area (Å²) in [5, 5.41) is 15.8. The van der Waals surface area contributed by atoms with Crippen LogP contribution in [0.3, 0.4) is 0 Å². The number of carboxylic acid groups (broad SMARTS) is 1. The van der Waals surface area contributed by atoms with Crippen LogP contribution in [0.5, 0.6) is 0 Å². The Morgan fingerprint density at radius 1 is 1.26 bits per heavy atom. The molecule has 0 fully saturated rings. The van der Waals surface area contributed by atoms with Crippen molar-refractivity contribution >= 4 is 11.9 Å². The van der Waals surface area contributed by atoms with E-state index < -0.39 is 12.0 Å². The van der Waals surface area contributed by atoms with E-state index in [4.69, 9.17) is 4.52 Å². The second kappa shape index (κ2) is 7.09. The molecule has 6 heteroatoms. The van der Waals surface area contributed by atoms with Crippen LogP contribution >= 0.6 is 0 Å². The number of carboxylic acids is 1. The van der Waals surface area contributed by atoms with E-state index in [9.17, 15) is 14.7 Å². The molecular weight excluding hydrogens is 296 g/mol. The molecule has 1 heterocycles. The normalized spacial score (nSPS) is 13.3. The van der Waals surface area contributed by atoms with E-state index in [1.54, 1.807) is 37.3 Å². The predicted octanol–water partition coefficient (Wildman–Crippen LogP) is 2.73. The number of hydrogen-bond acceptors (Lipinski definition) is 4. The van der Waals surface area contributed by atoms with E-state index in [-0.39, 0.29) is 18.2 Å². The van der Waals surface area contributed by atoms with E-state index in [1.165, 1.54) is 0 Å². The van der Waals surface area contributed by atoms with Gasteiger partial charge in [0.1, 0.15) is 5.76 Å². The number of carbonyl (C=O) groups is 2. The number of hydrogen-bond donors (Lipinski definition) is 2. The van der Waals surface area contributed by atoms with Crippen LogP contribution in [0.4, 0.5) is 0 Å². The number of benzene rings is 1. The van der Waals surface area contributed by atoms with Crippen LogP contribution in [0, 0.1) is 13.8 Å². The SMILES string of the molecule is Cc1noc(C)c1C(C)CC(=O)NC(C(=O)O)c1ccccc1. The molecule has 0 radical (unpaired) electrons. The topological polar surface area (TPSA) is 92.4 Å². The molecule has 2 atom stereocenters. The molecule has 2 aromatic rings. The van der Waals surface area contributed by atoms with Gasteiger partial charge < -0.3 is 14.9 Å². The van der Waals surface area contributed by atoms with E-state index in [2.05, 4.69) is 10.5 Å². The highest BCUT2D eigenvalue weighted by atomic mass is 16.5. The van der Waals surface area contributed by atoms with Gasteiger partial charge in [-0.1, -0.05) is 42.4 Å². The van der Waals surface area contributed by atoms with E-state index >= 15 is 0 Å². The number of aliphatic carboxylic acids is 1. The van der Waals surface area contributed by atoms with Crippen molar-refractivity contribution in [2.75, 3.05) is 0 Å². The second-order valence-corrected chi connectivity index (χ2v) is 5.59. The first-order valence-corrected chi connectivity index (χ1v) is 7.40. The molecule has 2 N–H and O–H groups in total. The fourth-order valence-corrected chi connectivity index (χ4v) is 2.73. The zero-order chi connectivity index (χ0) is 17.0. The average Bonchev–Trinajstić information content (AvgIpc) is 2.84. The van der Waals surface area contributed by atoms with Crippen molar-refractivity contribution < 1.29 is 19.2 Å². The van der Waals surface area contributed by atoms with Gasteiger partial charge in [-0.25, -0.2) is 4.79 Å². The van der Waals surface area contributed by atoms with Crippen molar-refractivity contribution in [3.8, 4) is 0 Å². The summed E-state index contributed by atoms with van der Waals surface area (Å²) < 4.78 is 5.11. The fourth-order valence-electron chi connectivity index (χ4n) is 2.73. The Labute approximate surface area is 134 Å². The van der Waals surface area contributed by atoms with Crippen LogP contribution < -0.4 is 5.32 Å². The Balaban J connectivity index is 2.07. The first-order valence-electron chi connectivity index (χ1n) is 7.40. The van der Waals surface area contributed by atoms with Crippen molar-refractivity contribution in [1.29, 1.82) is 0 Å². The van der Waals surface area contributed by atoms with Crippen LogP contribution in [-0.4, -0.2) is 22.1 Å². The average molecular weight is 316 g/mol. The van der Waals surface area contributed by atoms with Crippen LogP contribution in [0.25, 0.3) is 0 Å². The Bertz CT molecular complexity index is 674. The Hall–Kier alpha value is -2.63. The molecule has 1 amide bonds. The first-order chi connectivity index (χ1) is 10.9. The summed E-state index contributed by atoms with van der Waals surface area (Å²) in [5.74, 6) is -0.838. The van der Waals surface area contributed by atoms with Crippen LogP contribution in [-0.2, 0) is 9.59 Å². The zero-order valence-corrected chi connectivity index (χ0v) is 13.4. The molecule has 0 aliphatic carbocycles. The lowest BCUT2D eigenvalue weighted by atomic mass is 9.95. The van der Waals surface area contributed by atoms with E-state index in [1.807, 2.05) is 13.8 Å². The molecule has 1 aromatic heterocycles. The van der Waals surface area contributed by atoms with Gasteiger partial charge in [-0.05, 0) is 25.3 Å². The lowest BCUT2D eigenvalue weighted by Crippen LogP contribution is -2.34. The Kier molecular flexibility index (Phi) is 5.16. The molecule has 1 aromatic carbocycles. The fraction of sp³-hybridized carbons (Fsp3) is 0.353. The van der Waals surface area contributed by atoms with Gasteiger partial charge in [0.05, 0.1) is 5.69 Å². The molecule has 0 saturated heterocycles. The molecule has 0 aliphatic rings. The number of amides is 1. The lowest BCUT2D eigenvalue weighted by molar-refractivity contribution is -0.142. The molecule has 2 unspecified atom stereocenters. The zero-order valence-electron chi connectivity index (χ0n) is 13.4. The minimum atomic E-state index is -1.09. The molecule has 0 bridgehead atoms. The van der Waals surface area contributed by atoms with Crippen molar-refractivity contribution in [3.63, 3.8) is 0 Å². The third-order valence-electron chi connectivity index (χ3n) is 3.76. The Morgan fingerprint density at radius 2 is 1.91 bits per heavy atom. The summed E-state index contributed by atoms with van der Waals surface area (Å²) in [4.78, 5) is 23.7. The van der Waals surface area contributed by atoms with Crippen molar-refractivity contribution in [2.24, 2.45) is 0 Å². The van der Waals surface area contributed by atoms with Gasteiger partial charge in [0.25, 0.3) is 0 Å². The largest absolute Gasteiger partial charge is 0.479 e. The Morgan fingerprint density at radius 3 is 2.43 bits per heavy atom. The minimum absolute atomic E-state index is 0.105. The highest BCUT2D eigenvalue weighted by molar-refractivity contribution is 5.85. The summed E-state index contributed by atoms with van der Waals surface area (Å²) in [5.41, 5.74) is 2.19. The van der Waals surface area contributed by atoms with Gasteiger partial charge in [0, 0.05) is 12.0 Å². The maximum atomic E-state index is 12.2. The molecule has 0 saturated carbocycles. The highest BCUT2D eigenvalue weighted by Crippen LogP contribution is 2.26. The lowest BCUT2D eigenvalue weighted by Gasteiger charge is -2.17. The molecule has 2 rings (SSSR count). The number of carbonyl (C=O) groups excluding carboxylic acids is 1. The standard InChI is InChI=1S/C17H20N2O4/c1-10(15-11(2)19-23-12(15)3)9-14(20)18-16(17(21)22)13-7-5-4-6-8-13/h4-8,10,16H,9H2,1-3H3,(H,18,20)(H,21,22). The van der Waals surface area contributed by atoms with E-state index in [0.717, 1.165) is 11.3 Å². The minimum Gasteiger partial charge on any atom is -0.479 e. The van der Waals surface area contributed by atoms with E-state index in [0.29, 0.717) is 11.3 Å². The summed E-state index contributed by atoms with van der Waals surface area (Å²) in [6.07, 6.45) is 0.166. The van der Waals surface area contributed by atoms with Gasteiger partial charge in [-0.3, -0.25) is 4.79 Å². The monoisotopic (exact) mass is 316 g/mol. The summed E-state index contributed by atoms with van der Waals surface area (Å²) in [6, 6.07) is 7.58. The van der Waals surface area contributed by atoms with Gasteiger partial charge in [0.15, 0.2) is 6.04 Å². The molecule has 6 nitrogen and oxygen atoms in total. The molecule has 23 heavy (non-hydrogen) atoms. The summed E-state index contributed by atoms with van der Waals surface area (Å²) >= 11 is 0. The van der Waals surface area contributed by atoms with Crippen LogP contribution in [0.15, 0.2) is 34.9 Å². The van der Waals surface area contributed by atoms with Crippen LogP contribution in [0.2, 0.25) is 0 Å². The predicted molar refractivity (Wildman–Crippen MR) is 84.0 cm³/mol. The molecular formula is C17H20N2O4. The van der Waals surface area contributed by atoms with Gasteiger partial charge in [-0.15, -0.1) is 0 Å². The number of rotatable bonds is 6. The number of aromatic nitrogens is 1. The molecule has 0 spiro atoms. The molecule has 0 aliphatic heterocycles. The van der Waals surface area contributed by atoms with Crippen molar-refractivity contribution in [2.45, 2.75) is 39.2 Å². The molecule has 122 valence electrons. The second-order valence-electron chi connectivity index (χ2n) is 5.59. The third-order valence-corrected chi connectivity index (χ3v) is 3.76. The van der Waals surface area contributed by atoms with Gasteiger partial charge in [-0.2, -0.15) is 0 Å². The van der Waals surface area contributed by atoms with Gasteiger partial charge >= 0.3 is 5.97 Å². The summed E-state index contributed by atoms with van der Waals surface area (Å²) in [6.45, 7) is 5.52. The van der Waals surface area contributed by atoms with Gasteiger partial charge in [0.2, 0.25) is 5.91 Å². The highest BCUT2D eigenvalue weighted by Gasteiger charge is 2.24. The number of nitrogens with zero attached hydrogens (tertiary/aromatic N) is 1. The maximum absolute atomic E-state index is 12.2. The first kappa shape index (κ1) is 16.7. The third kappa shape index (κ3) is 3.97.